The third-order valence-electron chi connectivity index (χ3n) is 11.0. The van der Waals surface area contributed by atoms with Gasteiger partial charge in [0.2, 0.25) is 0 Å². The van der Waals surface area contributed by atoms with Gasteiger partial charge in [0.25, 0.3) is 0 Å². The lowest BCUT2D eigenvalue weighted by molar-refractivity contribution is 0.232. The summed E-state index contributed by atoms with van der Waals surface area (Å²) in [5.74, 6) is 2.64. The molecule has 0 radical (unpaired) electrons. The number of rotatable bonds is 7. The Kier molecular flexibility index (Phi) is 7.60. The summed E-state index contributed by atoms with van der Waals surface area (Å²) in [5, 5.41) is 21.3. The number of aromatic nitrogens is 6. The van der Waals surface area contributed by atoms with Gasteiger partial charge in [0, 0.05) is 41.3 Å². The van der Waals surface area contributed by atoms with E-state index in [0.29, 0.717) is 47.0 Å². The number of likely N-dealkylation sites (tertiary alicyclic amines) is 1. The van der Waals surface area contributed by atoms with Gasteiger partial charge in [0.15, 0.2) is 22.9 Å². The molecule has 2 aliphatic carbocycles. The summed E-state index contributed by atoms with van der Waals surface area (Å²) in [5.41, 5.74) is 17.3. The van der Waals surface area contributed by atoms with Gasteiger partial charge in [-0.2, -0.15) is 10.4 Å². The number of aryl methyl sites for hydroxylation is 1. The SMILES string of the molecule is CCN(Cc1cccnc1N)c1nc(-c2noc3c2CCC[C@@]32CCCc3sc(N)c(C#N)c32)nc2c1cnn2[C@@H](C)[C@@H]1CCCN1C. The molecule has 248 valence electrons. The molecule has 5 aromatic rings. The Labute approximate surface area is 283 Å². The van der Waals surface area contributed by atoms with Crippen molar-refractivity contribution in [2.45, 2.75) is 89.3 Å². The maximum atomic E-state index is 10.2. The van der Waals surface area contributed by atoms with Crippen molar-refractivity contribution in [2.75, 3.05) is 36.5 Å². The molecule has 3 atom stereocenters. The molecule has 8 rings (SSSR count). The van der Waals surface area contributed by atoms with Gasteiger partial charge in [-0.3, -0.25) is 0 Å². The summed E-state index contributed by atoms with van der Waals surface area (Å²) in [6.45, 7) is 6.64. The van der Waals surface area contributed by atoms with E-state index in [0.717, 1.165) is 90.8 Å². The smallest absolute Gasteiger partial charge is 0.186 e. The second kappa shape index (κ2) is 11.9. The zero-order valence-corrected chi connectivity index (χ0v) is 28.6. The Morgan fingerprint density at radius 1 is 1.21 bits per heavy atom. The number of nitrogen functional groups attached to an aromatic ring is 2. The van der Waals surface area contributed by atoms with Crippen molar-refractivity contribution in [2.24, 2.45) is 0 Å². The molecule has 13 heteroatoms. The number of pyridine rings is 1. The number of nitrogens with zero attached hydrogens (tertiary/aromatic N) is 9. The number of thiophene rings is 1. The van der Waals surface area contributed by atoms with Crippen LogP contribution in [0.3, 0.4) is 0 Å². The first kappa shape index (κ1) is 30.8. The first-order chi connectivity index (χ1) is 23.3. The first-order valence-corrected chi connectivity index (χ1v) is 17.9. The largest absolute Gasteiger partial charge is 0.389 e. The molecule has 0 bridgehead atoms. The zero-order valence-electron chi connectivity index (χ0n) is 27.7. The van der Waals surface area contributed by atoms with E-state index in [-0.39, 0.29) is 6.04 Å². The van der Waals surface area contributed by atoms with Gasteiger partial charge in [0.05, 0.1) is 28.6 Å². The van der Waals surface area contributed by atoms with E-state index in [2.05, 4.69) is 46.4 Å². The number of hydrogen-bond acceptors (Lipinski definition) is 12. The molecule has 0 aromatic carbocycles. The minimum absolute atomic E-state index is 0.109. The Morgan fingerprint density at radius 3 is 2.79 bits per heavy atom. The number of anilines is 3. The van der Waals surface area contributed by atoms with Gasteiger partial charge in [0.1, 0.15) is 22.7 Å². The van der Waals surface area contributed by atoms with E-state index in [1.165, 1.54) is 11.3 Å². The average molecular weight is 664 g/mol. The van der Waals surface area contributed by atoms with E-state index in [1.807, 2.05) is 18.3 Å². The van der Waals surface area contributed by atoms with Crippen LogP contribution in [0.1, 0.15) is 91.3 Å². The molecule has 0 unspecified atom stereocenters. The fourth-order valence-electron chi connectivity index (χ4n) is 8.61. The lowest BCUT2D eigenvalue weighted by Gasteiger charge is -2.39. The molecule has 1 aliphatic heterocycles. The molecule has 48 heavy (non-hydrogen) atoms. The minimum Gasteiger partial charge on any atom is -0.389 e. The van der Waals surface area contributed by atoms with Crippen LogP contribution in [-0.4, -0.2) is 61.0 Å². The molecule has 1 fully saturated rings. The summed E-state index contributed by atoms with van der Waals surface area (Å²) in [4.78, 5) is 20.6. The Balaban J connectivity index is 1.30. The Hall–Kier alpha value is -4.54. The van der Waals surface area contributed by atoms with E-state index in [1.54, 1.807) is 17.5 Å². The predicted octanol–water partition coefficient (Wildman–Crippen LogP) is 5.61. The summed E-state index contributed by atoms with van der Waals surface area (Å²) >= 11 is 1.55. The van der Waals surface area contributed by atoms with Gasteiger partial charge in [-0.05, 0) is 90.4 Å². The van der Waals surface area contributed by atoms with Gasteiger partial charge >= 0.3 is 0 Å². The summed E-state index contributed by atoms with van der Waals surface area (Å²) < 4.78 is 8.43. The molecule has 6 heterocycles. The number of hydrogen-bond donors (Lipinski definition) is 2. The molecule has 0 saturated carbocycles. The quantitative estimate of drug-likeness (QED) is 0.222. The zero-order chi connectivity index (χ0) is 33.2. The van der Waals surface area contributed by atoms with Crippen LogP contribution in [0, 0.1) is 11.3 Å². The van der Waals surface area contributed by atoms with E-state index < -0.39 is 5.41 Å². The number of likely N-dealkylation sites (N-methyl/N-ethyl adjacent to an activating group) is 1. The third kappa shape index (κ3) is 4.68. The Morgan fingerprint density at radius 2 is 2.04 bits per heavy atom. The number of nitriles is 1. The average Bonchev–Trinajstić information content (AvgIpc) is 3.89. The van der Waals surface area contributed by atoms with Crippen LogP contribution in [0.15, 0.2) is 29.0 Å². The fourth-order valence-corrected chi connectivity index (χ4v) is 9.77. The third-order valence-corrected chi connectivity index (χ3v) is 12.1. The topological polar surface area (TPSA) is 165 Å². The molecule has 0 amide bonds. The van der Waals surface area contributed by atoms with Crippen LogP contribution in [0.25, 0.3) is 22.6 Å². The standard InChI is InChI=1S/C35H41N11OS/c1-4-45(19-21-9-7-15-39-30(21)37)33-24-18-40-46(20(2)25-11-8-16-44(25)3)34(24)42-32(41-33)28-22-10-5-13-35(29(22)47-43-28)14-6-12-26-27(35)23(17-36)31(38)48-26/h7,9,15,18,20,25H,4-6,8,10-14,16,19,38H2,1-3H3,(H2,37,39)/t20-,25-,35-/m0/s1. The van der Waals surface area contributed by atoms with Crippen LogP contribution in [0.2, 0.25) is 0 Å². The lowest BCUT2D eigenvalue weighted by Crippen LogP contribution is -2.35. The maximum absolute atomic E-state index is 10.2. The van der Waals surface area contributed by atoms with Crippen LogP contribution < -0.4 is 16.4 Å². The summed E-state index contributed by atoms with van der Waals surface area (Å²) in [7, 11) is 2.19. The minimum atomic E-state index is -0.421. The molecule has 4 N–H and O–H groups in total. The van der Waals surface area contributed by atoms with Crippen molar-refractivity contribution in [1.82, 2.24) is 34.8 Å². The van der Waals surface area contributed by atoms with Gasteiger partial charge in [-0.15, -0.1) is 11.3 Å². The van der Waals surface area contributed by atoms with E-state index >= 15 is 0 Å². The highest BCUT2D eigenvalue weighted by Gasteiger charge is 2.49. The number of nitrogens with two attached hydrogens (primary N) is 2. The van der Waals surface area contributed by atoms with Gasteiger partial charge in [-0.1, -0.05) is 11.2 Å². The molecule has 12 nitrogen and oxygen atoms in total. The van der Waals surface area contributed by atoms with E-state index in [4.69, 9.17) is 36.2 Å². The van der Waals surface area contributed by atoms with Crippen LogP contribution >= 0.6 is 11.3 Å². The lowest BCUT2D eigenvalue weighted by atomic mass is 9.63. The highest BCUT2D eigenvalue weighted by molar-refractivity contribution is 7.16. The molecule has 3 aliphatic rings. The second-order valence-electron chi connectivity index (χ2n) is 13.6. The highest BCUT2D eigenvalue weighted by Crippen LogP contribution is 2.55. The normalized spacial score (nSPS) is 21.3. The van der Waals surface area contributed by atoms with Crippen molar-refractivity contribution in [3.8, 4) is 17.6 Å². The van der Waals surface area contributed by atoms with Crippen molar-refractivity contribution in [3.05, 3.63) is 57.4 Å². The summed E-state index contributed by atoms with van der Waals surface area (Å²) in [6.07, 6.45) is 11.4. The maximum Gasteiger partial charge on any atom is 0.186 e. The van der Waals surface area contributed by atoms with E-state index in [9.17, 15) is 5.26 Å². The van der Waals surface area contributed by atoms with Crippen molar-refractivity contribution < 1.29 is 4.52 Å². The number of fused-ring (bicyclic) bond motifs is 5. The second-order valence-corrected chi connectivity index (χ2v) is 14.7. The van der Waals surface area contributed by atoms with Crippen molar-refractivity contribution in [1.29, 1.82) is 5.26 Å². The highest BCUT2D eigenvalue weighted by atomic mass is 32.1. The Bertz CT molecular complexity index is 2050. The molecule has 1 spiro atoms. The molecular weight excluding hydrogens is 623 g/mol. The van der Waals surface area contributed by atoms with Gasteiger partial charge in [-0.25, -0.2) is 19.6 Å². The van der Waals surface area contributed by atoms with Crippen molar-refractivity contribution >= 4 is 39.0 Å². The summed E-state index contributed by atoms with van der Waals surface area (Å²) in [6, 6.07) is 6.80. The molecule has 1 saturated heterocycles. The van der Waals surface area contributed by atoms with Crippen LogP contribution in [0.4, 0.5) is 16.6 Å². The monoisotopic (exact) mass is 663 g/mol. The first-order valence-electron chi connectivity index (χ1n) is 17.1. The van der Waals surface area contributed by atoms with Gasteiger partial charge < -0.3 is 25.8 Å². The van der Waals surface area contributed by atoms with Crippen LogP contribution in [-0.2, 0) is 24.8 Å². The molecular formula is C35H41N11OS. The molecule has 5 aromatic heterocycles. The van der Waals surface area contributed by atoms with Crippen molar-refractivity contribution in [3.63, 3.8) is 0 Å². The van der Waals surface area contributed by atoms with Crippen LogP contribution in [0.5, 0.6) is 0 Å². The predicted molar refractivity (Wildman–Crippen MR) is 187 cm³/mol. The fraction of sp³-hybridized carbons (Fsp3) is 0.486.